The highest BCUT2D eigenvalue weighted by Gasteiger charge is 2.36. The van der Waals surface area contributed by atoms with Gasteiger partial charge in [0.05, 0.1) is 6.61 Å². The van der Waals surface area contributed by atoms with E-state index in [2.05, 4.69) is 54.2 Å². The van der Waals surface area contributed by atoms with E-state index < -0.39 is 0 Å². The van der Waals surface area contributed by atoms with E-state index in [4.69, 9.17) is 0 Å². The standard InChI is InChI=1S/C20H30N2O/c1-21(2)8-9-22(13-17-4-3-5-18(10-17)15-23)14-20-12-16-6-7-19(20)11-16/h3-7,10,16,19-20,23H,8-9,11-15H2,1-2H3. The smallest absolute Gasteiger partial charge is 0.0681 e. The van der Waals surface area contributed by atoms with E-state index in [1.807, 2.05) is 6.07 Å². The van der Waals surface area contributed by atoms with Gasteiger partial charge in [-0.3, -0.25) is 4.90 Å². The van der Waals surface area contributed by atoms with Crippen molar-refractivity contribution in [1.29, 1.82) is 0 Å². The number of rotatable bonds is 8. The van der Waals surface area contributed by atoms with Crippen molar-refractivity contribution in [3.8, 4) is 0 Å². The van der Waals surface area contributed by atoms with Crippen LogP contribution in [-0.4, -0.2) is 48.6 Å². The number of aliphatic hydroxyl groups excluding tert-OH is 1. The van der Waals surface area contributed by atoms with Crippen LogP contribution in [0.2, 0.25) is 0 Å². The average Bonchev–Trinajstić information content (AvgIpc) is 3.15. The second-order valence-electron chi connectivity index (χ2n) is 7.56. The largest absolute Gasteiger partial charge is 0.392 e. The maximum Gasteiger partial charge on any atom is 0.0681 e. The Morgan fingerprint density at radius 1 is 1.09 bits per heavy atom. The first kappa shape index (κ1) is 16.7. The molecule has 0 aromatic heterocycles. The summed E-state index contributed by atoms with van der Waals surface area (Å²) in [7, 11) is 4.29. The molecule has 2 aliphatic carbocycles. The van der Waals surface area contributed by atoms with E-state index in [-0.39, 0.29) is 6.61 Å². The molecule has 0 aliphatic heterocycles. The molecule has 3 unspecified atom stereocenters. The molecule has 3 heteroatoms. The Hall–Kier alpha value is -1.16. The molecular weight excluding hydrogens is 284 g/mol. The van der Waals surface area contributed by atoms with Crippen molar-refractivity contribution < 1.29 is 5.11 Å². The molecule has 3 atom stereocenters. The van der Waals surface area contributed by atoms with Gasteiger partial charge < -0.3 is 10.0 Å². The topological polar surface area (TPSA) is 26.7 Å². The lowest BCUT2D eigenvalue weighted by molar-refractivity contribution is 0.189. The molecule has 0 amide bonds. The third-order valence-electron chi connectivity index (χ3n) is 5.35. The van der Waals surface area contributed by atoms with Crippen LogP contribution >= 0.6 is 0 Å². The minimum absolute atomic E-state index is 0.128. The Morgan fingerprint density at radius 2 is 1.91 bits per heavy atom. The van der Waals surface area contributed by atoms with E-state index in [0.29, 0.717) is 0 Å². The molecule has 3 rings (SSSR count). The molecule has 126 valence electrons. The van der Waals surface area contributed by atoms with Crippen LogP contribution in [0.15, 0.2) is 36.4 Å². The number of hydrogen-bond donors (Lipinski definition) is 1. The van der Waals surface area contributed by atoms with E-state index in [1.165, 1.54) is 24.9 Å². The minimum atomic E-state index is 0.128. The molecule has 3 nitrogen and oxygen atoms in total. The number of nitrogens with zero attached hydrogens (tertiary/aromatic N) is 2. The maximum atomic E-state index is 9.35. The lowest BCUT2D eigenvalue weighted by atomic mass is 9.93. The summed E-state index contributed by atoms with van der Waals surface area (Å²) in [6, 6.07) is 8.38. The highest BCUT2D eigenvalue weighted by Crippen LogP contribution is 2.43. The van der Waals surface area contributed by atoms with Crippen molar-refractivity contribution in [2.24, 2.45) is 17.8 Å². The molecule has 1 aromatic carbocycles. The second kappa shape index (κ2) is 7.61. The summed E-state index contributed by atoms with van der Waals surface area (Å²) in [4.78, 5) is 4.87. The number of fused-ring (bicyclic) bond motifs is 2. The van der Waals surface area contributed by atoms with E-state index >= 15 is 0 Å². The zero-order chi connectivity index (χ0) is 16.2. The normalized spacial score (nSPS) is 25.9. The summed E-state index contributed by atoms with van der Waals surface area (Å²) in [5.74, 6) is 2.48. The fourth-order valence-electron chi connectivity index (χ4n) is 4.10. The predicted molar refractivity (Wildman–Crippen MR) is 95.0 cm³/mol. The summed E-state index contributed by atoms with van der Waals surface area (Å²) >= 11 is 0. The minimum Gasteiger partial charge on any atom is -0.392 e. The van der Waals surface area contributed by atoms with Gasteiger partial charge in [0.1, 0.15) is 0 Å². The summed E-state index contributed by atoms with van der Waals surface area (Å²) in [5.41, 5.74) is 2.33. The lowest BCUT2D eigenvalue weighted by Crippen LogP contribution is -2.36. The van der Waals surface area contributed by atoms with Crippen LogP contribution in [0, 0.1) is 17.8 Å². The zero-order valence-electron chi connectivity index (χ0n) is 14.5. The molecule has 0 saturated heterocycles. The molecule has 23 heavy (non-hydrogen) atoms. The van der Waals surface area contributed by atoms with Crippen molar-refractivity contribution >= 4 is 0 Å². The Kier molecular flexibility index (Phi) is 5.52. The number of benzene rings is 1. The Labute approximate surface area is 140 Å². The third-order valence-corrected chi connectivity index (χ3v) is 5.35. The van der Waals surface area contributed by atoms with Gasteiger partial charge in [-0.25, -0.2) is 0 Å². The van der Waals surface area contributed by atoms with E-state index in [1.54, 1.807) is 0 Å². The van der Waals surface area contributed by atoms with Crippen LogP contribution in [0.1, 0.15) is 24.0 Å². The quantitative estimate of drug-likeness (QED) is 0.748. The Bertz CT molecular complexity index is 540. The molecule has 1 aromatic rings. The first-order chi connectivity index (χ1) is 11.1. The van der Waals surface area contributed by atoms with Crippen LogP contribution in [0.3, 0.4) is 0 Å². The summed E-state index contributed by atoms with van der Waals surface area (Å²) in [6.45, 7) is 4.51. The van der Waals surface area contributed by atoms with Gasteiger partial charge in [-0.15, -0.1) is 0 Å². The van der Waals surface area contributed by atoms with Gasteiger partial charge in [-0.05, 0) is 55.8 Å². The predicted octanol–water partition coefficient (Wildman–Crippen LogP) is 2.75. The fourth-order valence-corrected chi connectivity index (χ4v) is 4.10. The first-order valence-electron chi connectivity index (χ1n) is 8.88. The molecular formula is C20H30N2O. The van der Waals surface area contributed by atoms with Gasteiger partial charge in [0, 0.05) is 26.2 Å². The van der Waals surface area contributed by atoms with E-state index in [9.17, 15) is 5.11 Å². The Morgan fingerprint density at radius 3 is 2.57 bits per heavy atom. The fraction of sp³-hybridized carbons (Fsp3) is 0.600. The molecule has 1 fully saturated rings. The molecule has 0 spiro atoms. The van der Waals surface area contributed by atoms with Gasteiger partial charge >= 0.3 is 0 Å². The van der Waals surface area contributed by atoms with Crippen LogP contribution < -0.4 is 0 Å². The zero-order valence-corrected chi connectivity index (χ0v) is 14.5. The number of likely N-dealkylation sites (N-methyl/N-ethyl adjacent to an activating group) is 1. The molecule has 0 radical (unpaired) electrons. The van der Waals surface area contributed by atoms with Crippen molar-refractivity contribution in [1.82, 2.24) is 9.80 Å². The number of allylic oxidation sites excluding steroid dienone is 2. The summed E-state index contributed by atoms with van der Waals surface area (Å²) in [5, 5.41) is 9.35. The molecule has 0 heterocycles. The van der Waals surface area contributed by atoms with Crippen molar-refractivity contribution in [3.05, 3.63) is 47.5 Å². The third kappa shape index (κ3) is 4.43. The molecule has 2 bridgehead atoms. The van der Waals surface area contributed by atoms with E-state index in [0.717, 1.165) is 43.0 Å². The highest BCUT2D eigenvalue weighted by atomic mass is 16.3. The Balaban J connectivity index is 1.63. The monoisotopic (exact) mass is 314 g/mol. The number of aliphatic hydroxyl groups is 1. The van der Waals surface area contributed by atoms with Gasteiger partial charge in [0.15, 0.2) is 0 Å². The van der Waals surface area contributed by atoms with Gasteiger partial charge in [-0.1, -0.05) is 36.4 Å². The molecule has 1 N–H and O–H groups in total. The lowest BCUT2D eigenvalue weighted by Gasteiger charge is -2.29. The highest BCUT2D eigenvalue weighted by molar-refractivity contribution is 5.23. The molecule has 1 saturated carbocycles. The number of hydrogen-bond acceptors (Lipinski definition) is 3. The summed E-state index contributed by atoms with van der Waals surface area (Å²) < 4.78 is 0. The van der Waals surface area contributed by atoms with Gasteiger partial charge in [0.2, 0.25) is 0 Å². The van der Waals surface area contributed by atoms with Gasteiger partial charge in [-0.2, -0.15) is 0 Å². The van der Waals surface area contributed by atoms with Crippen LogP contribution in [-0.2, 0) is 13.2 Å². The first-order valence-corrected chi connectivity index (χ1v) is 8.88. The van der Waals surface area contributed by atoms with Crippen LogP contribution in [0.4, 0.5) is 0 Å². The van der Waals surface area contributed by atoms with Crippen LogP contribution in [0.25, 0.3) is 0 Å². The second-order valence-corrected chi connectivity index (χ2v) is 7.56. The average molecular weight is 314 g/mol. The van der Waals surface area contributed by atoms with Crippen molar-refractivity contribution in [2.75, 3.05) is 33.7 Å². The van der Waals surface area contributed by atoms with Gasteiger partial charge in [0.25, 0.3) is 0 Å². The summed E-state index contributed by atoms with van der Waals surface area (Å²) in [6.07, 6.45) is 7.63. The van der Waals surface area contributed by atoms with Crippen LogP contribution in [0.5, 0.6) is 0 Å². The SMILES string of the molecule is CN(C)CCN(Cc1cccc(CO)c1)CC1CC2C=CC1C2. The maximum absolute atomic E-state index is 9.35. The van der Waals surface area contributed by atoms with Crippen molar-refractivity contribution in [2.45, 2.75) is 26.0 Å². The molecule has 2 aliphatic rings. The van der Waals surface area contributed by atoms with Crippen molar-refractivity contribution in [3.63, 3.8) is 0 Å².